The molecule has 0 spiro atoms. The molecule has 0 amide bonds. The van der Waals surface area contributed by atoms with Crippen LogP contribution in [0.15, 0.2) is 23.9 Å². The first-order valence-electron chi connectivity index (χ1n) is 13.0. The molecule has 3 heteroatoms. The molecule has 1 aliphatic rings. The zero-order valence-electron chi connectivity index (χ0n) is 19.7. The topological polar surface area (TPSA) is 46.2 Å². The van der Waals surface area contributed by atoms with Crippen LogP contribution in [0.25, 0.3) is 0 Å². The monoisotopic (exact) mass is 417 g/mol. The van der Waals surface area contributed by atoms with Crippen LogP contribution in [0.5, 0.6) is 0 Å². The third kappa shape index (κ3) is 15.5. The van der Waals surface area contributed by atoms with Crippen LogP contribution in [0.1, 0.15) is 129 Å². The highest BCUT2D eigenvalue weighted by Gasteiger charge is 2.11. The van der Waals surface area contributed by atoms with Crippen molar-refractivity contribution in [1.29, 1.82) is 0 Å². The molecule has 30 heavy (non-hydrogen) atoms. The van der Waals surface area contributed by atoms with Crippen molar-refractivity contribution < 1.29 is 9.59 Å². The Morgan fingerprint density at radius 3 is 1.40 bits per heavy atom. The van der Waals surface area contributed by atoms with Crippen molar-refractivity contribution in [3.63, 3.8) is 0 Å². The van der Waals surface area contributed by atoms with Gasteiger partial charge in [-0.2, -0.15) is 0 Å². The van der Waals surface area contributed by atoms with Gasteiger partial charge in [0.15, 0.2) is 5.78 Å². The van der Waals surface area contributed by atoms with Crippen LogP contribution in [0.2, 0.25) is 0 Å². The fourth-order valence-corrected chi connectivity index (χ4v) is 4.07. The van der Waals surface area contributed by atoms with E-state index in [2.05, 4.69) is 12.2 Å². The number of ketones is 2. The van der Waals surface area contributed by atoms with E-state index in [0.717, 1.165) is 13.0 Å². The van der Waals surface area contributed by atoms with Crippen molar-refractivity contribution in [1.82, 2.24) is 5.32 Å². The molecular weight excluding hydrogens is 370 g/mol. The van der Waals surface area contributed by atoms with E-state index in [1.54, 1.807) is 0 Å². The lowest BCUT2D eigenvalue weighted by Gasteiger charge is -2.10. The number of carbonyl (C=O) groups is 2. The summed E-state index contributed by atoms with van der Waals surface area (Å²) in [5.74, 6) is -0.197. The summed E-state index contributed by atoms with van der Waals surface area (Å²) < 4.78 is 0. The van der Waals surface area contributed by atoms with Crippen LogP contribution >= 0.6 is 0 Å². The van der Waals surface area contributed by atoms with Crippen LogP contribution < -0.4 is 5.32 Å². The van der Waals surface area contributed by atoms with Gasteiger partial charge in [-0.15, -0.1) is 0 Å². The van der Waals surface area contributed by atoms with Gasteiger partial charge in [0.05, 0.1) is 5.70 Å². The summed E-state index contributed by atoms with van der Waals surface area (Å²) in [6.45, 7) is 3.06. The Bertz CT molecular complexity index is 507. The highest BCUT2D eigenvalue weighted by molar-refractivity contribution is 6.16. The highest BCUT2D eigenvalue weighted by Crippen LogP contribution is 2.14. The maximum Gasteiger partial charge on any atom is 0.201 e. The Labute approximate surface area is 186 Å². The zero-order chi connectivity index (χ0) is 21.7. The van der Waals surface area contributed by atoms with E-state index >= 15 is 0 Å². The van der Waals surface area contributed by atoms with Gasteiger partial charge in [-0.3, -0.25) is 9.59 Å². The minimum Gasteiger partial charge on any atom is -0.382 e. The van der Waals surface area contributed by atoms with E-state index < -0.39 is 0 Å². The predicted molar refractivity (Wildman–Crippen MR) is 129 cm³/mol. The van der Waals surface area contributed by atoms with Gasteiger partial charge in [0, 0.05) is 12.6 Å². The van der Waals surface area contributed by atoms with E-state index in [0.29, 0.717) is 5.70 Å². The molecule has 0 unspecified atom stereocenters. The molecule has 0 aromatic rings. The van der Waals surface area contributed by atoms with Crippen molar-refractivity contribution in [3.8, 4) is 0 Å². The molecule has 0 aliphatic heterocycles. The molecule has 0 fully saturated rings. The number of nitrogens with one attached hydrogen (secondary N) is 1. The average Bonchev–Trinajstić information content (AvgIpc) is 2.74. The molecule has 3 nitrogen and oxygen atoms in total. The Morgan fingerprint density at radius 1 is 0.567 bits per heavy atom. The van der Waals surface area contributed by atoms with E-state index in [-0.39, 0.29) is 11.6 Å². The number of rotatable bonds is 21. The van der Waals surface area contributed by atoms with Gasteiger partial charge in [0.2, 0.25) is 5.78 Å². The molecule has 0 aromatic carbocycles. The van der Waals surface area contributed by atoms with Gasteiger partial charge < -0.3 is 5.32 Å². The molecule has 172 valence electrons. The lowest BCUT2D eigenvalue weighted by atomic mass is 10.0. The number of allylic oxidation sites excluding steroid dienone is 3. The van der Waals surface area contributed by atoms with E-state index in [1.807, 2.05) is 0 Å². The predicted octanol–water partition coefficient (Wildman–Crippen LogP) is 7.60. The summed E-state index contributed by atoms with van der Waals surface area (Å²) in [6, 6.07) is 0. The summed E-state index contributed by atoms with van der Waals surface area (Å²) in [5, 5.41) is 3.10. The second-order valence-corrected chi connectivity index (χ2v) is 8.95. The van der Waals surface area contributed by atoms with E-state index in [1.165, 1.54) is 134 Å². The van der Waals surface area contributed by atoms with E-state index in [9.17, 15) is 9.59 Å². The molecule has 1 rings (SSSR count). The second-order valence-electron chi connectivity index (χ2n) is 8.95. The van der Waals surface area contributed by atoms with Gasteiger partial charge in [-0.25, -0.2) is 0 Å². The number of unbranched alkanes of at least 4 members (excludes halogenated alkanes) is 18. The van der Waals surface area contributed by atoms with Crippen molar-refractivity contribution in [2.24, 2.45) is 0 Å². The van der Waals surface area contributed by atoms with Crippen molar-refractivity contribution in [2.45, 2.75) is 129 Å². The lowest BCUT2D eigenvalue weighted by Crippen LogP contribution is -2.23. The maximum absolute atomic E-state index is 11.6. The Morgan fingerprint density at radius 2 is 0.967 bits per heavy atom. The fourth-order valence-electron chi connectivity index (χ4n) is 4.07. The SMILES string of the molecule is CCCCCCCCCCCCCCCCCCCCCNC1=CC(=O)C=CC1=O. The molecule has 0 aromatic heterocycles. The molecule has 1 aliphatic carbocycles. The first-order valence-corrected chi connectivity index (χ1v) is 13.0. The van der Waals surface area contributed by atoms with Gasteiger partial charge in [0.25, 0.3) is 0 Å². The maximum atomic E-state index is 11.6. The molecular formula is C27H47NO2. The molecule has 1 N–H and O–H groups in total. The molecule has 0 radical (unpaired) electrons. The summed E-state index contributed by atoms with van der Waals surface area (Å²) in [5.41, 5.74) is 0.449. The molecule has 0 atom stereocenters. The Hall–Kier alpha value is -1.38. The fraction of sp³-hybridized carbons (Fsp3) is 0.778. The normalized spacial score (nSPS) is 13.7. The van der Waals surface area contributed by atoms with Crippen LogP contribution in [0.3, 0.4) is 0 Å². The van der Waals surface area contributed by atoms with Crippen LogP contribution in [-0.2, 0) is 9.59 Å². The van der Waals surface area contributed by atoms with Gasteiger partial charge in [-0.05, 0) is 18.6 Å². The third-order valence-corrected chi connectivity index (χ3v) is 6.05. The van der Waals surface area contributed by atoms with Crippen LogP contribution in [0.4, 0.5) is 0 Å². The largest absolute Gasteiger partial charge is 0.382 e. The Balaban J connectivity index is 1.73. The van der Waals surface area contributed by atoms with Crippen LogP contribution in [0, 0.1) is 0 Å². The van der Waals surface area contributed by atoms with Crippen molar-refractivity contribution in [2.75, 3.05) is 6.54 Å². The van der Waals surface area contributed by atoms with Crippen molar-refractivity contribution in [3.05, 3.63) is 23.9 Å². The standard InChI is InChI=1S/C27H47NO2/c1-2-3-4-5-6-7-8-9-10-11-12-13-14-15-16-17-18-19-20-23-28-26-24-25(29)21-22-27(26)30/h21-22,24,28H,2-20,23H2,1H3. The molecule has 0 bridgehead atoms. The smallest absolute Gasteiger partial charge is 0.201 e. The van der Waals surface area contributed by atoms with Gasteiger partial charge in [-0.1, -0.05) is 122 Å². The average molecular weight is 418 g/mol. The molecule has 0 saturated carbocycles. The van der Waals surface area contributed by atoms with Gasteiger partial charge >= 0.3 is 0 Å². The molecule has 0 heterocycles. The van der Waals surface area contributed by atoms with Gasteiger partial charge in [0.1, 0.15) is 0 Å². The zero-order valence-corrected chi connectivity index (χ0v) is 19.7. The highest BCUT2D eigenvalue weighted by atomic mass is 16.1. The summed E-state index contributed by atoms with van der Waals surface area (Å²) >= 11 is 0. The van der Waals surface area contributed by atoms with Crippen molar-refractivity contribution >= 4 is 11.6 Å². The first kappa shape index (κ1) is 26.7. The quantitative estimate of drug-likeness (QED) is 0.154. The van der Waals surface area contributed by atoms with Crippen LogP contribution in [-0.4, -0.2) is 18.1 Å². The number of hydrogen-bond donors (Lipinski definition) is 1. The summed E-state index contributed by atoms with van der Waals surface area (Å²) in [7, 11) is 0. The summed E-state index contributed by atoms with van der Waals surface area (Å²) in [4.78, 5) is 22.9. The second kappa shape index (κ2) is 19.6. The first-order chi connectivity index (χ1) is 14.7. The minimum absolute atomic E-state index is 0.0904. The lowest BCUT2D eigenvalue weighted by molar-refractivity contribution is -0.114. The minimum atomic E-state index is -0.106. The third-order valence-electron chi connectivity index (χ3n) is 6.05. The molecule has 0 saturated heterocycles. The number of carbonyl (C=O) groups excluding carboxylic acids is 2. The summed E-state index contributed by atoms with van der Waals surface area (Å²) in [6.07, 6.45) is 30.2. The number of hydrogen-bond acceptors (Lipinski definition) is 3. The Kier molecular flexibility index (Phi) is 17.4. The van der Waals surface area contributed by atoms with E-state index in [4.69, 9.17) is 0 Å².